The zero-order chi connectivity index (χ0) is 10.3. The molecule has 0 aromatic rings. The molecule has 0 atom stereocenters. The molecule has 0 aliphatic carbocycles. The normalized spacial score (nSPS) is 10.8. The Labute approximate surface area is 99.8 Å². The van der Waals surface area contributed by atoms with E-state index in [0.29, 0.717) is 0 Å². The van der Waals surface area contributed by atoms with E-state index in [2.05, 4.69) is 27.7 Å². The van der Waals surface area contributed by atoms with Crippen molar-refractivity contribution in [2.45, 2.75) is 53.4 Å². The average Bonchev–Trinajstić information content (AvgIpc) is 1.98. The Morgan fingerprint density at radius 1 is 1.00 bits per heavy atom. The summed E-state index contributed by atoms with van der Waals surface area (Å²) < 4.78 is 0. The van der Waals surface area contributed by atoms with E-state index in [1.54, 1.807) is 0 Å². The fourth-order valence-corrected chi connectivity index (χ4v) is 1.97. The van der Waals surface area contributed by atoms with Gasteiger partial charge in [-0.1, -0.05) is 27.7 Å². The van der Waals surface area contributed by atoms with Gasteiger partial charge in [0.1, 0.15) is 6.29 Å². The van der Waals surface area contributed by atoms with Crippen molar-refractivity contribution in [1.29, 1.82) is 0 Å². The second-order valence-corrected chi connectivity index (χ2v) is 4.87. The fourth-order valence-electron chi connectivity index (χ4n) is 1.97. The maximum Gasteiger partial charge on any atom is 0.187 e. The molecule has 0 aromatic heterocycles. The van der Waals surface area contributed by atoms with Crippen molar-refractivity contribution < 1.29 is 4.79 Å². The zero-order valence-electron chi connectivity index (χ0n) is 9.55. The standard InChI is InChI=1S/C12H24O.Al.3H/c1-10(2)8-12(6-5-7-13)9-11(3)4;;;;/h7,10-12H,5-6,8-9H2,1-4H3;;;;. The Morgan fingerprint density at radius 2 is 1.43 bits per heavy atom. The highest BCUT2D eigenvalue weighted by molar-refractivity contribution is 5.75. The zero-order valence-corrected chi connectivity index (χ0v) is 9.55. The van der Waals surface area contributed by atoms with Crippen molar-refractivity contribution in [3.63, 3.8) is 0 Å². The predicted molar refractivity (Wildman–Crippen MR) is 67.6 cm³/mol. The minimum atomic E-state index is 0. The lowest BCUT2D eigenvalue weighted by atomic mass is 9.86. The number of aldehydes is 1. The molecule has 0 N–H and O–H groups in total. The van der Waals surface area contributed by atoms with E-state index < -0.39 is 0 Å². The Morgan fingerprint density at radius 3 is 1.71 bits per heavy atom. The smallest absolute Gasteiger partial charge is 0.187 e. The summed E-state index contributed by atoms with van der Waals surface area (Å²) in [5.74, 6) is 2.27. The molecule has 1 nitrogen and oxygen atoms in total. The topological polar surface area (TPSA) is 17.1 Å². The van der Waals surface area contributed by atoms with Crippen LogP contribution in [-0.4, -0.2) is 23.6 Å². The van der Waals surface area contributed by atoms with Crippen LogP contribution in [0.4, 0.5) is 0 Å². The maximum absolute atomic E-state index is 10.3. The molecular weight excluding hydrogens is 187 g/mol. The van der Waals surface area contributed by atoms with Crippen molar-refractivity contribution in [3.05, 3.63) is 0 Å². The van der Waals surface area contributed by atoms with E-state index in [-0.39, 0.29) is 17.4 Å². The average molecular weight is 214 g/mol. The van der Waals surface area contributed by atoms with Crippen molar-refractivity contribution in [1.82, 2.24) is 0 Å². The number of hydrogen-bond acceptors (Lipinski definition) is 1. The van der Waals surface area contributed by atoms with Gasteiger partial charge in [0.05, 0.1) is 0 Å². The van der Waals surface area contributed by atoms with E-state index >= 15 is 0 Å². The highest BCUT2D eigenvalue weighted by Gasteiger charge is 2.12. The highest BCUT2D eigenvalue weighted by atomic mass is 27.0. The molecule has 0 fully saturated rings. The summed E-state index contributed by atoms with van der Waals surface area (Å²) in [7, 11) is 0. The van der Waals surface area contributed by atoms with E-state index in [0.717, 1.165) is 36.9 Å². The fraction of sp³-hybridized carbons (Fsp3) is 0.917. The van der Waals surface area contributed by atoms with Gasteiger partial charge >= 0.3 is 0 Å². The molecule has 0 radical (unpaired) electrons. The molecular formula is C12H27AlO. The summed E-state index contributed by atoms with van der Waals surface area (Å²) in [6.07, 6.45) is 5.41. The molecule has 0 spiro atoms. The first-order valence-corrected chi connectivity index (χ1v) is 5.49. The second-order valence-electron chi connectivity index (χ2n) is 4.87. The van der Waals surface area contributed by atoms with Gasteiger partial charge in [-0.25, -0.2) is 0 Å². The van der Waals surface area contributed by atoms with Crippen LogP contribution in [0.1, 0.15) is 53.4 Å². The highest BCUT2D eigenvalue weighted by Crippen LogP contribution is 2.23. The molecule has 0 saturated heterocycles. The quantitative estimate of drug-likeness (QED) is 0.470. The third-order valence-corrected chi connectivity index (χ3v) is 2.30. The molecule has 14 heavy (non-hydrogen) atoms. The van der Waals surface area contributed by atoms with E-state index in [9.17, 15) is 4.79 Å². The number of rotatable bonds is 7. The second kappa shape index (κ2) is 9.75. The maximum atomic E-state index is 10.3. The van der Waals surface area contributed by atoms with Crippen molar-refractivity contribution >= 4 is 23.6 Å². The summed E-state index contributed by atoms with van der Waals surface area (Å²) >= 11 is 0. The molecule has 0 aromatic carbocycles. The first kappa shape index (κ1) is 16.6. The van der Waals surface area contributed by atoms with Gasteiger partial charge in [0.25, 0.3) is 0 Å². The lowest BCUT2D eigenvalue weighted by Gasteiger charge is -2.19. The molecule has 0 rings (SSSR count). The third kappa shape index (κ3) is 10.3. The van der Waals surface area contributed by atoms with Crippen LogP contribution in [0, 0.1) is 17.8 Å². The first-order valence-electron chi connectivity index (χ1n) is 5.49. The molecule has 84 valence electrons. The minimum absolute atomic E-state index is 0. The van der Waals surface area contributed by atoms with Crippen LogP contribution >= 0.6 is 0 Å². The third-order valence-electron chi connectivity index (χ3n) is 2.30. The monoisotopic (exact) mass is 214 g/mol. The Kier molecular flexibility index (Phi) is 11.6. The molecule has 2 heteroatoms. The predicted octanol–water partition coefficient (Wildman–Crippen LogP) is 2.49. The molecule has 0 aliphatic heterocycles. The van der Waals surface area contributed by atoms with Crippen LogP contribution in [0.25, 0.3) is 0 Å². The molecule has 0 saturated carbocycles. The van der Waals surface area contributed by atoms with Crippen LogP contribution in [0.2, 0.25) is 0 Å². The Bertz CT molecular complexity index is 122. The van der Waals surface area contributed by atoms with Gasteiger partial charge in [0.15, 0.2) is 17.4 Å². The minimum Gasteiger partial charge on any atom is -0.303 e. The largest absolute Gasteiger partial charge is 0.303 e. The van der Waals surface area contributed by atoms with Gasteiger partial charge < -0.3 is 4.79 Å². The van der Waals surface area contributed by atoms with Crippen molar-refractivity contribution in [3.8, 4) is 0 Å². The summed E-state index contributed by atoms with van der Waals surface area (Å²) in [5.41, 5.74) is 0. The van der Waals surface area contributed by atoms with Crippen LogP contribution < -0.4 is 0 Å². The lowest BCUT2D eigenvalue weighted by Crippen LogP contribution is -2.08. The first-order chi connectivity index (χ1) is 6.06. The molecule has 0 unspecified atom stereocenters. The van der Waals surface area contributed by atoms with Gasteiger partial charge in [-0.2, -0.15) is 0 Å². The number of hydrogen-bond donors (Lipinski definition) is 0. The van der Waals surface area contributed by atoms with E-state index in [4.69, 9.17) is 0 Å². The van der Waals surface area contributed by atoms with Gasteiger partial charge in [-0.05, 0) is 37.0 Å². The van der Waals surface area contributed by atoms with Crippen molar-refractivity contribution in [2.24, 2.45) is 17.8 Å². The Balaban J connectivity index is 0. The Hall–Kier alpha value is 0.202. The van der Waals surface area contributed by atoms with Crippen LogP contribution in [0.15, 0.2) is 0 Å². The summed E-state index contributed by atoms with van der Waals surface area (Å²) in [4.78, 5) is 10.3. The molecule has 0 bridgehead atoms. The van der Waals surface area contributed by atoms with Gasteiger partial charge in [-0.15, -0.1) is 0 Å². The van der Waals surface area contributed by atoms with Crippen LogP contribution in [0.3, 0.4) is 0 Å². The summed E-state index contributed by atoms with van der Waals surface area (Å²) in [6.45, 7) is 9.03. The molecule has 0 heterocycles. The molecule has 0 amide bonds. The van der Waals surface area contributed by atoms with Crippen molar-refractivity contribution in [2.75, 3.05) is 0 Å². The lowest BCUT2D eigenvalue weighted by molar-refractivity contribution is -0.108. The van der Waals surface area contributed by atoms with Crippen LogP contribution in [-0.2, 0) is 4.79 Å². The summed E-state index contributed by atoms with van der Waals surface area (Å²) in [6, 6.07) is 0. The van der Waals surface area contributed by atoms with E-state index in [1.807, 2.05) is 0 Å². The number of carbonyl (C=O) groups is 1. The van der Waals surface area contributed by atoms with Gasteiger partial charge in [0.2, 0.25) is 0 Å². The summed E-state index contributed by atoms with van der Waals surface area (Å²) in [5, 5.41) is 0. The SMILES string of the molecule is CC(C)CC(CCC=O)CC(C)C.[AlH3]. The van der Waals surface area contributed by atoms with Gasteiger partial charge in [-0.3, -0.25) is 0 Å². The molecule has 0 aliphatic rings. The number of carbonyl (C=O) groups excluding carboxylic acids is 1. The van der Waals surface area contributed by atoms with Crippen LogP contribution in [0.5, 0.6) is 0 Å². The van der Waals surface area contributed by atoms with Gasteiger partial charge in [0, 0.05) is 6.42 Å². The van der Waals surface area contributed by atoms with E-state index in [1.165, 1.54) is 12.8 Å².